The Hall–Kier alpha value is -7.42. The predicted octanol–water partition coefficient (Wildman–Crippen LogP) is 16.1. The van der Waals surface area contributed by atoms with Gasteiger partial charge in [-0.1, -0.05) is 151 Å². The molecule has 0 spiro atoms. The Balaban J connectivity index is 1.17. The fraction of sp³-hybridized carbons (Fsp3) is 0.0323. The molecule has 328 valence electrons. The van der Waals surface area contributed by atoms with Crippen molar-refractivity contribution in [3.05, 3.63) is 253 Å². The van der Waals surface area contributed by atoms with Crippen LogP contribution >= 0.6 is 33.1 Å². The van der Waals surface area contributed by atoms with E-state index in [-0.39, 0.29) is 6.71 Å². The Morgan fingerprint density at radius 3 is 1.68 bits per heavy atom. The van der Waals surface area contributed by atoms with Crippen LogP contribution in [0.5, 0.6) is 0 Å². The molecule has 0 unspecified atom stereocenters. The van der Waals surface area contributed by atoms with E-state index >= 15 is 0 Å². The second-order valence-electron chi connectivity index (χ2n) is 17.9. The van der Waals surface area contributed by atoms with Gasteiger partial charge in [-0.15, -0.1) is 21.4 Å². The SMILES string of the molecule is C1=CC2=C(CC1)N(c1ccccc1)c1ccc3c(c1)N(c1ccccc1S2)c1cc(S(c2ccccc2)(c2ccccc2)c2ccccc2)cc2c1B3c1sc3ccccc3c1N2c1ccccc1. The molecule has 3 aliphatic heterocycles. The number of rotatable bonds is 6. The lowest BCUT2D eigenvalue weighted by atomic mass is 9.36. The van der Waals surface area contributed by atoms with Gasteiger partial charge in [0.15, 0.2) is 0 Å². The molecule has 4 aliphatic rings. The Morgan fingerprint density at radius 1 is 0.449 bits per heavy atom. The van der Waals surface area contributed by atoms with Gasteiger partial charge in [0, 0.05) is 84.1 Å². The Kier molecular flexibility index (Phi) is 9.65. The normalized spacial score (nSPS) is 14.8. The van der Waals surface area contributed by atoms with Crippen molar-refractivity contribution in [2.24, 2.45) is 0 Å². The number of fused-ring (bicyclic) bond motifs is 9. The molecule has 0 radical (unpaired) electrons. The third-order valence-electron chi connectivity index (χ3n) is 14.2. The molecule has 0 saturated heterocycles. The summed E-state index contributed by atoms with van der Waals surface area (Å²) in [7, 11) is -2.12. The van der Waals surface area contributed by atoms with E-state index in [2.05, 4.69) is 257 Å². The second kappa shape index (κ2) is 16.4. The molecular formula is C62H44BN3S3. The van der Waals surface area contributed by atoms with E-state index in [1.165, 1.54) is 101 Å². The maximum absolute atomic E-state index is 2.65. The standard InChI is InChI=1S/C62H44BN3S3/c1-6-22-43(23-7-1)64-45-38-39-51-54(40-45)66(53-34-18-21-37-59(53)67-58-36-20-17-33-52(58)64)56-42-49(69(46-26-10-3-11-27-46,47-28-12-4-13-29-47)48-30-14-5-15-31-48)41-55-60(56)63(51)62-61(50-32-16-19-35-57(50)68-62)65(55)44-24-8-2-9-25-44/h1-16,18-32,34-42H,17,33H2. The van der Waals surface area contributed by atoms with E-state index in [1.807, 2.05) is 23.1 Å². The summed E-state index contributed by atoms with van der Waals surface area (Å²) in [6.45, 7) is -0.0217. The highest BCUT2D eigenvalue weighted by molar-refractivity contribution is 8.34. The Bertz CT molecular complexity index is 3570. The smallest absolute Gasteiger partial charge is 0.264 e. The lowest BCUT2D eigenvalue weighted by molar-refractivity contribution is 0.913. The number of benzene rings is 9. The van der Waals surface area contributed by atoms with Crippen LogP contribution in [0.3, 0.4) is 0 Å². The zero-order chi connectivity index (χ0) is 45.5. The minimum Gasteiger partial charge on any atom is -0.313 e. The summed E-state index contributed by atoms with van der Waals surface area (Å²) in [5.74, 6) is 0. The van der Waals surface area contributed by atoms with Gasteiger partial charge in [-0.05, 0) is 127 Å². The van der Waals surface area contributed by atoms with Crippen LogP contribution in [0.2, 0.25) is 0 Å². The van der Waals surface area contributed by atoms with Crippen molar-refractivity contribution in [1.29, 1.82) is 0 Å². The summed E-state index contributed by atoms with van der Waals surface area (Å²) in [5.41, 5.74) is 13.6. The van der Waals surface area contributed by atoms with Crippen LogP contribution in [0.1, 0.15) is 12.8 Å². The van der Waals surface area contributed by atoms with Gasteiger partial charge < -0.3 is 14.7 Å². The summed E-state index contributed by atoms with van der Waals surface area (Å²) < 4.78 is 2.67. The molecule has 0 atom stereocenters. The van der Waals surface area contributed by atoms with E-state index in [9.17, 15) is 0 Å². The minimum atomic E-state index is -2.12. The summed E-state index contributed by atoms with van der Waals surface area (Å²) in [6, 6.07) is 86.8. The highest BCUT2D eigenvalue weighted by atomic mass is 32.3. The Morgan fingerprint density at radius 2 is 1.01 bits per heavy atom. The lowest BCUT2D eigenvalue weighted by Gasteiger charge is -2.47. The van der Waals surface area contributed by atoms with Gasteiger partial charge in [0.05, 0.1) is 11.4 Å². The van der Waals surface area contributed by atoms with Crippen molar-refractivity contribution >= 4 is 111 Å². The van der Waals surface area contributed by atoms with Gasteiger partial charge >= 0.3 is 0 Å². The molecule has 7 heteroatoms. The molecule has 3 nitrogen and oxygen atoms in total. The third kappa shape index (κ3) is 6.24. The molecular weight excluding hydrogens is 894 g/mol. The second-order valence-corrected chi connectivity index (χ2v) is 23.2. The molecule has 14 rings (SSSR count). The maximum atomic E-state index is 2.65. The number of hydrogen-bond donors (Lipinski definition) is 0. The average Bonchev–Trinajstić information content (AvgIpc) is 3.80. The topological polar surface area (TPSA) is 9.72 Å². The fourth-order valence-corrected chi connectivity index (χ4v) is 17.7. The molecule has 0 fully saturated rings. The van der Waals surface area contributed by atoms with E-state index in [0.717, 1.165) is 18.5 Å². The van der Waals surface area contributed by atoms with Crippen LogP contribution < -0.4 is 30.4 Å². The van der Waals surface area contributed by atoms with E-state index in [0.29, 0.717) is 0 Å². The number of nitrogens with zero attached hydrogens (tertiary/aromatic N) is 3. The lowest BCUT2D eigenvalue weighted by Crippen LogP contribution is -2.60. The molecule has 0 N–H and O–H groups in total. The largest absolute Gasteiger partial charge is 0.313 e. The van der Waals surface area contributed by atoms with Crippen molar-refractivity contribution < 1.29 is 0 Å². The average molecular weight is 938 g/mol. The molecule has 69 heavy (non-hydrogen) atoms. The van der Waals surface area contributed by atoms with Gasteiger partial charge in [-0.25, -0.2) is 0 Å². The number of thiophene rings is 1. The molecule has 10 aromatic rings. The number of thioether (sulfide) groups is 1. The van der Waals surface area contributed by atoms with Crippen molar-refractivity contribution in [3.63, 3.8) is 0 Å². The van der Waals surface area contributed by atoms with Crippen LogP contribution in [-0.4, -0.2) is 6.71 Å². The first-order valence-electron chi connectivity index (χ1n) is 23.7. The van der Waals surface area contributed by atoms with Crippen LogP contribution in [0.4, 0.5) is 45.5 Å². The highest BCUT2D eigenvalue weighted by Crippen LogP contribution is 2.74. The summed E-state index contributed by atoms with van der Waals surface area (Å²) in [4.78, 5) is 15.5. The van der Waals surface area contributed by atoms with Gasteiger partial charge in [-0.3, -0.25) is 0 Å². The molecule has 9 aromatic carbocycles. The highest BCUT2D eigenvalue weighted by Gasteiger charge is 2.47. The number of anilines is 8. The van der Waals surface area contributed by atoms with Crippen LogP contribution in [-0.2, 0) is 0 Å². The molecule has 0 amide bonds. The van der Waals surface area contributed by atoms with Gasteiger partial charge in [0.25, 0.3) is 6.71 Å². The Labute approximate surface area is 413 Å². The van der Waals surface area contributed by atoms with Crippen molar-refractivity contribution in [2.45, 2.75) is 37.3 Å². The number of allylic oxidation sites excluding steroid dienone is 3. The zero-order valence-corrected chi connectivity index (χ0v) is 40.1. The number of hydrogen-bond acceptors (Lipinski definition) is 5. The van der Waals surface area contributed by atoms with Crippen molar-refractivity contribution in [3.8, 4) is 0 Å². The first-order valence-corrected chi connectivity index (χ1v) is 27.0. The molecule has 4 heterocycles. The quantitative estimate of drug-likeness (QED) is 0.154. The monoisotopic (exact) mass is 937 g/mol. The van der Waals surface area contributed by atoms with E-state index in [1.54, 1.807) is 0 Å². The molecule has 1 aliphatic carbocycles. The van der Waals surface area contributed by atoms with Gasteiger partial charge in [0.2, 0.25) is 0 Å². The number of para-hydroxylation sites is 3. The fourth-order valence-electron chi connectivity index (χ4n) is 11.3. The van der Waals surface area contributed by atoms with E-state index in [4.69, 9.17) is 0 Å². The van der Waals surface area contributed by atoms with Crippen LogP contribution in [0.25, 0.3) is 10.1 Å². The van der Waals surface area contributed by atoms with Crippen LogP contribution in [0, 0.1) is 0 Å². The van der Waals surface area contributed by atoms with Gasteiger partial charge in [-0.2, -0.15) is 0 Å². The first kappa shape index (κ1) is 40.6. The molecule has 2 bridgehead atoms. The summed E-state index contributed by atoms with van der Waals surface area (Å²) >= 11 is 3.85. The first-order chi connectivity index (χ1) is 34.3. The minimum absolute atomic E-state index is 0.0217. The third-order valence-corrected chi connectivity index (χ3v) is 20.4. The molecule has 1 aromatic heterocycles. The van der Waals surface area contributed by atoms with Gasteiger partial charge in [0.1, 0.15) is 0 Å². The van der Waals surface area contributed by atoms with Crippen molar-refractivity contribution in [2.75, 3.05) is 14.7 Å². The summed E-state index contributed by atoms with van der Waals surface area (Å²) in [5, 5.41) is 1.28. The maximum Gasteiger partial charge on any atom is 0.264 e. The van der Waals surface area contributed by atoms with Crippen molar-refractivity contribution in [1.82, 2.24) is 0 Å². The molecule has 0 saturated carbocycles. The van der Waals surface area contributed by atoms with E-state index < -0.39 is 10.0 Å². The zero-order valence-electron chi connectivity index (χ0n) is 37.7. The summed E-state index contributed by atoms with van der Waals surface area (Å²) in [6.07, 6.45) is 6.67. The predicted molar refractivity (Wildman–Crippen MR) is 296 cm³/mol. The van der Waals surface area contributed by atoms with Crippen LogP contribution in [0.15, 0.2) is 278 Å².